The molecule has 0 aliphatic carbocycles. The molecule has 0 saturated heterocycles. The minimum Gasteiger partial charge on any atom is -0.276 e. The zero-order chi connectivity index (χ0) is 20.6. The van der Waals surface area contributed by atoms with Crippen molar-refractivity contribution in [3.8, 4) is 0 Å². The number of carbonyl (C=O) groups excluding carboxylic acids is 2. The van der Waals surface area contributed by atoms with Gasteiger partial charge in [-0.25, -0.2) is 8.42 Å². The van der Waals surface area contributed by atoms with Gasteiger partial charge in [-0.05, 0) is 31.2 Å². The molecular weight excluding hydrogens is 392 g/mol. The van der Waals surface area contributed by atoms with Gasteiger partial charge in [-0.2, -0.15) is 5.10 Å². The fourth-order valence-electron chi connectivity index (χ4n) is 3.11. The molecule has 0 saturated carbocycles. The van der Waals surface area contributed by atoms with E-state index >= 15 is 0 Å². The van der Waals surface area contributed by atoms with Crippen LogP contribution in [0.5, 0.6) is 0 Å². The first-order valence-electron chi connectivity index (χ1n) is 8.92. The average molecular weight is 410 g/mol. The normalized spacial score (nSPS) is 13.6. The summed E-state index contributed by atoms with van der Waals surface area (Å²) in [5.41, 5.74) is 2.05. The van der Waals surface area contributed by atoms with E-state index < -0.39 is 10.0 Å². The number of nitrogens with one attached hydrogen (secondary N) is 1. The van der Waals surface area contributed by atoms with E-state index in [9.17, 15) is 18.0 Å². The summed E-state index contributed by atoms with van der Waals surface area (Å²) in [4.78, 5) is 26.1. The van der Waals surface area contributed by atoms with E-state index in [0.717, 1.165) is 5.56 Å². The van der Waals surface area contributed by atoms with Gasteiger partial charge >= 0.3 is 0 Å². The van der Waals surface area contributed by atoms with Gasteiger partial charge in [0.05, 0.1) is 34.5 Å². The van der Waals surface area contributed by atoms with E-state index in [-0.39, 0.29) is 29.8 Å². The molecule has 29 heavy (non-hydrogen) atoms. The molecule has 9 heteroatoms. The monoisotopic (exact) mass is 410 g/mol. The van der Waals surface area contributed by atoms with E-state index in [1.165, 1.54) is 34.1 Å². The minimum atomic E-state index is -3.72. The molecule has 8 nitrogen and oxygen atoms in total. The predicted molar refractivity (Wildman–Crippen MR) is 106 cm³/mol. The third-order valence-corrected chi connectivity index (χ3v) is 6.04. The van der Waals surface area contributed by atoms with Crippen molar-refractivity contribution in [2.24, 2.45) is 0 Å². The third-order valence-electron chi connectivity index (χ3n) is 4.65. The maximum atomic E-state index is 12.5. The Morgan fingerprint density at radius 2 is 1.55 bits per heavy atom. The fourth-order valence-corrected chi connectivity index (χ4v) is 4.14. The number of hydrogen-bond donors (Lipinski definition) is 1. The van der Waals surface area contributed by atoms with Gasteiger partial charge in [0.15, 0.2) is 0 Å². The number of nitrogens with zero attached hydrogens (tertiary/aromatic N) is 3. The molecule has 0 radical (unpaired) electrons. The van der Waals surface area contributed by atoms with Crippen molar-refractivity contribution < 1.29 is 18.0 Å². The number of anilines is 1. The standard InChI is InChI=1S/C20H18N4O4S/c1-14-6-8-16(9-7-14)29(27,28)22-15-12-21-23(13-15)10-11-24-19(25)17-4-2-3-5-18(17)20(24)26/h2-9,12-13,22H,10-11H2,1H3. The molecule has 3 aromatic rings. The van der Waals surface area contributed by atoms with Crippen molar-refractivity contribution in [2.45, 2.75) is 18.4 Å². The van der Waals surface area contributed by atoms with Crippen LogP contribution in [-0.4, -0.2) is 41.5 Å². The van der Waals surface area contributed by atoms with Crippen LogP contribution in [0.15, 0.2) is 65.8 Å². The Balaban J connectivity index is 1.42. The van der Waals surface area contributed by atoms with Crippen LogP contribution in [0.25, 0.3) is 0 Å². The summed E-state index contributed by atoms with van der Waals surface area (Å²) in [6.07, 6.45) is 2.90. The predicted octanol–water partition coefficient (Wildman–Crippen LogP) is 2.29. The molecular formula is C20H18N4O4S. The number of fused-ring (bicyclic) bond motifs is 1. The Kier molecular flexibility index (Phi) is 4.67. The quantitative estimate of drug-likeness (QED) is 0.629. The summed E-state index contributed by atoms with van der Waals surface area (Å²) < 4.78 is 28.9. The SMILES string of the molecule is Cc1ccc(S(=O)(=O)Nc2cnn(CCN3C(=O)c4ccccc4C3=O)c2)cc1. The number of amides is 2. The van der Waals surface area contributed by atoms with Crippen LogP contribution in [0.4, 0.5) is 5.69 Å². The van der Waals surface area contributed by atoms with Crippen molar-refractivity contribution in [3.05, 3.63) is 77.6 Å². The molecule has 0 unspecified atom stereocenters. The topological polar surface area (TPSA) is 101 Å². The molecule has 4 rings (SSSR count). The number of aromatic nitrogens is 2. The highest BCUT2D eigenvalue weighted by molar-refractivity contribution is 7.92. The number of hydrogen-bond acceptors (Lipinski definition) is 5. The second kappa shape index (κ2) is 7.17. The molecule has 2 heterocycles. The van der Waals surface area contributed by atoms with Crippen LogP contribution in [-0.2, 0) is 16.6 Å². The summed E-state index contributed by atoms with van der Waals surface area (Å²) in [6, 6.07) is 13.2. The van der Waals surface area contributed by atoms with Crippen molar-refractivity contribution in [1.82, 2.24) is 14.7 Å². The smallest absolute Gasteiger partial charge is 0.261 e. The van der Waals surface area contributed by atoms with Crippen LogP contribution in [0, 0.1) is 6.92 Å². The van der Waals surface area contributed by atoms with Crippen LogP contribution in [0.3, 0.4) is 0 Å². The molecule has 0 bridgehead atoms. The highest BCUT2D eigenvalue weighted by Gasteiger charge is 2.34. The molecule has 0 fully saturated rings. The minimum absolute atomic E-state index is 0.137. The van der Waals surface area contributed by atoms with E-state index in [1.54, 1.807) is 36.4 Å². The van der Waals surface area contributed by atoms with Crippen molar-refractivity contribution in [3.63, 3.8) is 0 Å². The van der Waals surface area contributed by atoms with Crippen LogP contribution in [0.1, 0.15) is 26.3 Å². The van der Waals surface area contributed by atoms with Crippen molar-refractivity contribution in [1.29, 1.82) is 0 Å². The van der Waals surface area contributed by atoms with Gasteiger partial charge in [0.25, 0.3) is 21.8 Å². The number of sulfonamides is 1. The lowest BCUT2D eigenvalue weighted by Crippen LogP contribution is -2.33. The zero-order valence-corrected chi connectivity index (χ0v) is 16.4. The van der Waals surface area contributed by atoms with E-state index in [1.807, 2.05) is 6.92 Å². The first-order valence-corrected chi connectivity index (χ1v) is 10.4. The molecule has 0 atom stereocenters. The molecule has 2 aromatic carbocycles. The number of benzene rings is 2. The summed E-state index contributed by atoms with van der Waals surface area (Å²) in [6.45, 7) is 2.26. The first kappa shape index (κ1) is 18.9. The second-order valence-electron chi connectivity index (χ2n) is 6.72. The molecule has 1 aliphatic rings. The van der Waals surface area contributed by atoms with Crippen LogP contribution >= 0.6 is 0 Å². The Hall–Kier alpha value is -3.46. The Morgan fingerprint density at radius 1 is 0.931 bits per heavy atom. The lowest BCUT2D eigenvalue weighted by Gasteiger charge is -2.13. The number of carbonyl (C=O) groups is 2. The Morgan fingerprint density at radius 3 is 2.17 bits per heavy atom. The fraction of sp³-hybridized carbons (Fsp3) is 0.150. The maximum absolute atomic E-state index is 12.5. The van der Waals surface area contributed by atoms with Crippen LogP contribution in [0.2, 0.25) is 0 Å². The third kappa shape index (κ3) is 3.64. The van der Waals surface area contributed by atoms with Gasteiger partial charge in [0.2, 0.25) is 0 Å². The zero-order valence-electron chi connectivity index (χ0n) is 15.6. The number of imide groups is 1. The highest BCUT2D eigenvalue weighted by Crippen LogP contribution is 2.22. The van der Waals surface area contributed by atoms with Gasteiger partial charge in [-0.3, -0.25) is 23.9 Å². The largest absolute Gasteiger partial charge is 0.276 e. The second-order valence-corrected chi connectivity index (χ2v) is 8.40. The van der Waals surface area contributed by atoms with E-state index in [0.29, 0.717) is 16.8 Å². The summed E-state index contributed by atoms with van der Waals surface area (Å²) in [7, 11) is -3.72. The molecule has 1 aliphatic heterocycles. The number of aryl methyl sites for hydroxylation is 1. The summed E-state index contributed by atoms with van der Waals surface area (Å²) in [5, 5.41) is 4.11. The van der Waals surface area contributed by atoms with Gasteiger partial charge in [0.1, 0.15) is 0 Å². The average Bonchev–Trinajstić information content (AvgIpc) is 3.23. The highest BCUT2D eigenvalue weighted by atomic mass is 32.2. The summed E-state index contributed by atoms with van der Waals surface area (Å²) >= 11 is 0. The van der Waals surface area contributed by atoms with Gasteiger partial charge in [0, 0.05) is 12.7 Å². The van der Waals surface area contributed by atoms with Crippen molar-refractivity contribution in [2.75, 3.05) is 11.3 Å². The maximum Gasteiger partial charge on any atom is 0.261 e. The molecule has 148 valence electrons. The van der Waals surface area contributed by atoms with Crippen LogP contribution < -0.4 is 4.72 Å². The molecule has 0 spiro atoms. The van der Waals surface area contributed by atoms with Gasteiger partial charge < -0.3 is 0 Å². The summed E-state index contributed by atoms with van der Waals surface area (Å²) in [5.74, 6) is -0.670. The lowest BCUT2D eigenvalue weighted by molar-refractivity contribution is 0.0647. The lowest BCUT2D eigenvalue weighted by atomic mass is 10.1. The van der Waals surface area contributed by atoms with Gasteiger partial charge in [-0.1, -0.05) is 29.8 Å². The Labute approximate surface area is 167 Å². The molecule has 2 amide bonds. The Bertz CT molecular complexity index is 1160. The van der Waals surface area contributed by atoms with E-state index in [2.05, 4.69) is 9.82 Å². The number of rotatable bonds is 6. The molecule has 1 aromatic heterocycles. The first-order chi connectivity index (χ1) is 13.8. The molecule has 1 N–H and O–H groups in total. The van der Waals surface area contributed by atoms with Crippen molar-refractivity contribution >= 4 is 27.5 Å². The van der Waals surface area contributed by atoms with Gasteiger partial charge in [-0.15, -0.1) is 0 Å². The van der Waals surface area contributed by atoms with E-state index in [4.69, 9.17) is 0 Å².